The van der Waals surface area contributed by atoms with Gasteiger partial charge >= 0.3 is 5.97 Å². The van der Waals surface area contributed by atoms with Crippen LogP contribution in [-0.2, 0) is 26.7 Å². The Bertz CT molecular complexity index is 767. The summed E-state index contributed by atoms with van der Waals surface area (Å²) < 4.78 is 28.1. The SMILES string of the molecule is C[C@@H](Cc1ccccc1)OC(=O)c1cccc(CS(C)(=O)=O)c1. The van der Waals surface area contributed by atoms with Crippen molar-refractivity contribution in [2.45, 2.75) is 25.2 Å². The minimum Gasteiger partial charge on any atom is -0.459 e. The molecule has 0 aliphatic rings. The quantitative estimate of drug-likeness (QED) is 0.763. The first-order chi connectivity index (χ1) is 10.8. The fourth-order valence-electron chi connectivity index (χ4n) is 2.33. The van der Waals surface area contributed by atoms with Crippen LogP contribution in [0.15, 0.2) is 54.6 Å². The molecule has 2 rings (SSSR count). The van der Waals surface area contributed by atoms with Gasteiger partial charge in [-0.3, -0.25) is 0 Å². The molecule has 1 atom stereocenters. The van der Waals surface area contributed by atoms with E-state index in [2.05, 4.69) is 0 Å². The molecule has 0 aromatic heterocycles. The van der Waals surface area contributed by atoms with E-state index in [4.69, 9.17) is 4.74 Å². The molecule has 0 aliphatic carbocycles. The molecule has 0 amide bonds. The maximum absolute atomic E-state index is 12.2. The van der Waals surface area contributed by atoms with Crippen molar-refractivity contribution in [3.63, 3.8) is 0 Å². The molecule has 0 radical (unpaired) electrons. The lowest BCUT2D eigenvalue weighted by atomic mass is 10.1. The second-order valence-corrected chi connectivity index (χ2v) is 7.82. The van der Waals surface area contributed by atoms with Gasteiger partial charge in [0.1, 0.15) is 6.10 Å². The van der Waals surface area contributed by atoms with E-state index in [0.717, 1.165) is 5.56 Å². The third-order valence-corrected chi connectivity index (χ3v) is 4.12. The van der Waals surface area contributed by atoms with E-state index in [1.807, 2.05) is 37.3 Å². The fraction of sp³-hybridized carbons (Fsp3) is 0.278. The Labute approximate surface area is 137 Å². The molecule has 5 heteroatoms. The van der Waals surface area contributed by atoms with Crippen LogP contribution < -0.4 is 0 Å². The number of ether oxygens (including phenoxy) is 1. The van der Waals surface area contributed by atoms with Crippen LogP contribution in [0.2, 0.25) is 0 Å². The fourth-order valence-corrected chi connectivity index (χ4v) is 3.11. The van der Waals surface area contributed by atoms with Crippen molar-refractivity contribution in [2.75, 3.05) is 6.26 Å². The standard InChI is InChI=1S/C18H20O4S/c1-14(11-15-7-4-3-5-8-15)22-18(19)17-10-6-9-16(12-17)13-23(2,20)21/h3-10,12,14H,11,13H2,1-2H3/t14-/m0/s1. The van der Waals surface area contributed by atoms with Gasteiger partial charge in [-0.25, -0.2) is 13.2 Å². The number of hydrogen-bond donors (Lipinski definition) is 0. The maximum atomic E-state index is 12.2. The number of hydrogen-bond acceptors (Lipinski definition) is 4. The Kier molecular flexibility index (Phi) is 5.55. The van der Waals surface area contributed by atoms with Crippen molar-refractivity contribution in [1.82, 2.24) is 0 Å². The zero-order valence-corrected chi connectivity index (χ0v) is 14.0. The molecule has 0 unspecified atom stereocenters. The second kappa shape index (κ2) is 7.42. The van der Waals surface area contributed by atoms with Crippen LogP contribution in [0, 0.1) is 0 Å². The first-order valence-corrected chi connectivity index (χ1v) is 9.41. The van der Waals surface area contributed by atoms with E-state index in [-0.39, 0.29) is 11.9 Å². The summed E-state index contributed by atoms with van der Waals surface area (Å²) in [7, 11) is -3.14. The molecule has 2 aromatic rings. The monoisotopic (exact) mass is 332 g/mol. The van der Waals surface area contributed by atoms with Crippen LogP contribution in [0.1, 0.15) is 28.4 Å². The minimum absolute atomic E-state index is 0.0896. The van der Waals surface area contributed by atoms with E-state index >= 15 is 0 Å². The summed E-state index contributed by atoms with van der Waals surface area (Å²) >= 11 is 0. The van der Waals surface area contributed by atoms with Crippen molar-refractivity contribution in [1.29, 1.82) is 0 Å². The molecule has 0 aliphatic heterocycles. The third-order valence-electron chi connectivity index (χ3n) is 3.27. The molecule has 0 bridgehead atoms. The summed E-state index contributed by atoms with van der Waals surface area (Å²) in [6.07, 6.45) is 1.54. The van der Waals surface area contributed by atoms with Crippen LogP contribution in [-0.4, -0.2) is 26.7 Å². The van der Waals surface area contributed by atoms with Gasteiger partial charge < -0.3 is 4.74 Å². The van der Waals surface area contributed by atoms with Crippen LogP contribution in [0.25, 0.3) is 0 Å². The highest BCUT2D eigenvalue weighted by Gasteiger charge is 2.14. The Balaban J connectivity index is 2.01. The molecule has 0 heterocycles. The van der Waals surface area contributed by atoms with Crippen LogP contribution in [0.5, 0.6) is 0 Å². The summed E-state index contributed by atoms with van der Waals surface area (Å²) in [6, 6.07) is 16.3. The Morgan fingerprint density at radius 1 is 1.04 bits per heavy atom. The number of benzene rings is 2. The van der Waals surface area contributed by atoms with E-state index in [9.17, 15) is 13.2 Å². The van der Waals surface area contributed by atoms with Gasteiger partial charge in [-0.05, 0) is 30.2 Å². The average Bonchev–Trinajstić information content (AvgIpc) is 2.46. The molecule has 0 saturated carbocycles. The smallest absolute Gasteiger partial charge is 0.338 e. The average molecular weight is 332 g/mol. The Morgan fingerprint density at radius 2 is 1.70 bits per heavy atom. The van der Waals surface area contributed by atoms with Gasteiger partial charge in [0, 0.05) is 12.7 Å². The summed E-state index contributed by atoms with van der Waals surface area (Å²) in [5.41, 5.74) is 2.04. The van der Waals surface area contributed by atoms with Crippen LogP contribution in [0.4, 0.5) is 0 Å². The molecule has 23 heavy (non-hydrogen) atoms. The Morgan fingerprint density at radius 3 is 2.35 bits per heavy atom. The molecule has 0 fully saturated rings. The molecule has 4 nitrogen and oxygen atoms in total. The van der Waals surface area contributed by atoms with E-state index in [1.165, 1.54) is 6.26 Å². The van der Waals surface area contributed by atoms with E-state index in [1.54, 1.807) is 24.3 Å². The van der Waals surface area contributed by atoms with Gasteiger partial charge in [0.25, 0.3) is 0 Å². The molecule has 0 spiro atoms. The van der Waals surface area contributed by atoms with Gasteiger partial charge in [0.15, 0.2) is 9.84 Å². The molecule has 0 saturated heterocycles. The lowest BCUT2D eigenvalue weighted by Crippen LogP contribution is -2.17. The first kappa shape index (κ1) is 17.2. The summed E-state index contributed by atoms with van der Waals surface area (Å²) in [5, 5.41) is 0. The van der Waals surface area contributed by atoms with Crippen LogP contribution in [0.3, 0.4) is 0 Å². The van der Waals surface area contributed by atoms with Crippen LogP contribution >= 0.6 is 0 Å². The zero-order chi connectivity index (χ0) is 16.9. The number of sulfone groups is 1. The predicted octanol–water partition coefficient (Wildman–Crippen LogP) is 3.02. The highest BCUT2D eigenvalue weighted by Crippen LogP contribution is 2.12. The molecular weight excluding hydrogens is 312 g/mol. The van der Waals surface area contributed by atoms with Gasteiger partial charge in [0.05, 0.1) is 11.3 Å². The van der Waals surface area contributed by atoms with Gasteiger partial charge in [-0.1, -0.05) is 42.5 Å². The lowest BCUT2D eigenvalue weighted by Gasteiger charge is -2.13. The number of carbonyl (C=O) groups excluding carboxylic acids is 1. The molecular formula is C18H20O4S. The largest absolute Gasteiger partial charge is 0.459 e. The number of carbonyl (C=O) groups is 1. The molecule has 122 valence electrons. The van der Waals surface area contributed by atoms with Gasteiger partial charge in [-0.15, -0.1) is 0 Å². The van der Waals surface area contributed by atoms with E-state index < -0.39 is 15.8 Å². The lowest BCUT2D eigenvalue weighted by molar-refractivity contribution is 0.0343. The van der Waals surface area contributed by atoms with Gasteiger partial charge in [-0.2, -0.15) is 0 Å². The molecule has 2 aromatic carbocycles. The topological polar surface area (TPSA) is 60.4 Å². The predicted molar refractivity (Wildman–Crippen MR) is 90.0 cm³/mol. The van der Waals surface area contributed by atoms with Crippen molar-refractivity contribution >= 4 is 15.8 Å². The maximum Gasteiger partial charge on any atom is 0.338 e. The van der Waals surface area contributed by atoms with Crippen molar-refractivity contribution in [3.05, 3.63) is 71.3 Å². The normalized spacial score (nSPS) is 12.6. The third kappa shape index (κ3) is 5.87. The Hall–Kier alpha value is -2.14. The van der Waals surface area contributed by atoms with Crippen molar-refractivity contribution < 1.29 is 17.9 Å². The number of esters is 1. The minimum atomic E-state index is -3.14. The van der Waals surface area contributed by atoms with Crippen molar-refractivity contribution in [3.8, 4) is 0 Å². The highest BCUT2D eigenvalue weighted by molar-refractivity contribution is 7.89. The van der Waals surface area contributed by atoms with Crippen molar-refractivity contribution in [2.24, 2.45) is 0 Å². The number of rotatable bonds is 6. The van der Waals surface area contributed by atoms with Gasteiger partial charge in [0.2, 0.25) is 0 Å². The van der Waals surface area contributed by atoms with E-state index in [0.29, 0.717) is 17.5 Å². The summed E-state index contributed by atoms with van der Waals surface area (Å²) in [6.45, 7) is 1.84. The highest BCUT2D eigenvalue weighted by atomic mass is 32.2. The zero-order valence-electron chi connectivity index (χ0n) is 13.2. The molecule has 0 N–H and O–H groups in total. The first-order valence-electron chi connectivity index (χ1n) is 7.35. The second-order valence-electron chi connectivity index (χ2n) is 5.68. The summed E-state index contributed by atoms with van der Waals surface area (Å²) in [4.78, 5) is 12.2. The summed E-state index contributed by atoms with van der Waals surface area (Å²) in [5.74, 6) is -0.531.